The van der Waals surface area contributed by atoms with Crippen LogP contribution in [0, 0.1) is 10.1 Å². The molecule has 2 aromatic rings. The minimum Gasteiger partial charge on any atom is -0.490 e. The number of piperidine rings is 1. The first-order valence-electron chi connectivity index (χ1n) is 7.92. The van der Waals surface area contributed by atoms with E-state index in [2.05, 4.69) is 11.9 Å². The van der Waals surface area contributed by atoms with Gasteiger partial charge in [-0.2, -0.15) is 0 Å². The van der Waals surface area contributed by atoms with E-state index >= 15 is 0 Å². The lowest BCUT2D eigenvalue weighted by atomic mass is 10.0. The molecular formula is C18H19ClN2O3. The molecule has 0 atom stereocenters. The van der Waals surface area contributed by atoms with E-state index in [9.17, 15) is 10.1 Å². The molecule has 0 N–H and O–H groups in total. The van der Waals surface area contributed by atoms with Gasteiger partial charge in [0, 0.05) is 30.8 Å². The van der Waals surface area contributed by atoms with Gasteiger partial charge in [0.2, 0.25) is 0 Å². The summed E-state index contributed by atoms with van der Waals surface area (Å²) in [6.45, 7) is 2.08. The van der Waals surface area contributed by atoms with Crippen LogP contribution in [-0.2, 0) is 0 Å². The summed E-state index contributed by atoms with van der Waals surface area (Å²) in [4.78, 5) is 12.6. The van der Waals surface area contributed by atoms with E-state index < -0.39 is 4.92 Å². The fourth-order valence-electron chi connectivity index (χ4n) is 2.86. The third kappa shape index (κ3) is 3.86. The number of non-ortho nitro benzene ring substituents is 1. The monoisotopic (exact) mass is 346 g/mol. The van der Waals surface area contributed by atoms with Gasteiger partial charge in [0.15, 0.2) is 0 Å². The molecule has 1 fully saturated rings. The number of rotatable bonds is 4. The van der Waals surface area contributed by atoms with Gasteiger partial charge >= 0.3 is 0 Å². The minimum atomic E-state index is -0.413. The Morgan fingerprint density at radius 3 is 2.42 bits per heavy atom. The second-order valence-electron chi connectivity index (χ2n) is 6.07. The maximum atomic E-state index is 10.7. The van der Waals surface area contributed by atoms with Crippen molar-refractivity contribution in [3.05, 3.63) is 57.6 Å². The zero-order chi connectivity index (χ0) is 17.1. The smallest absolute Gasteiger partial charge is 0.269 e. The highest BCUT2D eigenvalue weighted by Gasteiger charge is 2.18. The SMILES string of the molecule is CN1CCC(Oc2ccc(-c3ccc([N+](=O)[O-])cc3)c(Cl)c2)CC1. The first-order chi connectivity index (χ1) is 11.5. The molecule has 0 saturated carbocycles. The number of halogens is 1. The molecule has 1 heterocycles. The van der Waals surface area contributed by atoms with Gasteiger partial charge in [-0.15, -0.1) is 0 Å². The highest BCUT2D eigenvalue weighted by molar-refractivity contribution is 6.33. The Morgan fingerprint density at radius 2 is 1.83 bits per heavy atom. The van der Waals surface area contributed by atoms with Crippen LogP contribution in [0.25, 0.3) is 11.1 Å². The van der Waals surface area contributed by atoms with Gasteiger partial charge in [0.05, 0.1) is 9.95 Å². The molecule has 0 bridgehead atoms. The molecule has 0 unspecified atom stereocenters. The summed E-state index contributed by atoms with van der Waals surface area (Å²) in [5.41, 5.74) is 1.75. The van der Waals surface area contributed by atoms with Crippen molar-refractivity contribution in [1.29, 1.82) is 0 Å². The molecule has 1 saturated heterocycles. The van der Waals surface area contributed by atoms with E-state index in [4.69, 9.17) is 16.3 Å². The third-order valence-electron chi connectivity index (χ3n) is 4.30. The lowest BCUT2D eigenvalue weighted by molar-refractivity contribution is -0.384. The highest BCUT2D eigenvalue weighted by Crippen LogP contribution is 2.33. The normalized spacial score (nSPS) is 16.1. The van der Waals surface area contributed by atoms with Crippen LogP contribution >= 0.6 is 11.6 Å². The largest absolute Gasteiger partial charge is 0.490 e. The number of nitrogens with zero attached hydrogens (tertiary/aromatic N) is 2. The number of hydrogen-bond donors (Lipinski definition) is 0. The van der Waals surface area contributed by atoms with E-state index in [-0.39, 0.29) is 11.8 Å². The van der Waals surface area contributed by atoms with Crippen LogP contribution < -0.4 is 4.74 Å². The van der Waals surface area contributed by atoms with Crippen LogP contribution in [0.3, 0.4) is 0 Å². The zero-order valence-corrected chi connectivity index (χ0v) is 14.2. The maximum Gasteiger partial charge on any atom is 0.269 e. The van der Waals surface area contributed by atoms with Crippen LogP contribution in [0.1, 0.15) is 12.8 Å². The Hall–Kier alpha value is -2.11. The zero-order valence-electron chi connectivity index (χ0n) is 13.4. The number of nitro benzene ring substituents is 1. The molecule has 0 amide bonds. The van der Waals surface area contributed by atoms with E-state index in [1.807, 2.05) is 18.2 Å². The van der Waals surface area contributed by atoms with E-state index in [0.29, 0.717) is 5.02 Å². The molecule has 2 aromatic carbocycles. The quantitative estimate of drug-likeness (QED) is 0.608. The Bertz CT molecular complexity index is 726. The van der Waals surface area contributed by atoms with Crippen LogP contribution in [0.4, 0.5) is 5.69 Å². The van der Waals surface area contributed by atoms with Crippen molar-refractivity contribution in [2.75, 3.05) is 20.1 Å². The first kappa shape index (κ1) is 16.7. The average molecular weight is 347 g/mol. The summed E-state index contributed by atoms with van der Waals surface area (Å²) in [5.74, 6) is 0.764. The molecule has 1 aliphatic heterocycles. The van der Waals surface area contributed by atoms with Gasteiger partial charge in [-0.1, -0.05) is 11.6 Å². The predicted molar refractivity (Wildman–Crippen MR) is 94.7 cm³/mol. The molecular weight excluding hydrogens is 328 g/mol. The van der Waals surface area contributed by atoms with Gasteiger partial charge in [-0.05, 0) is 55.8 Å². The van der Waals surface area contributed by atoms with E-state index in [1.54, 1.807) is 12.1 Å². The first-order valence-corrected chi connectivity index (χ1v) is 8.30. The summed E-state index contributed by atoms with van der Waals surface area (Å²) in [6, 6.07) is 12.0. The molecule has 126 valence electrons. The van der Waals surface area contributed by atoms with Crippen molar-refractivity contribution >= 4 is 17.3 Å². The van der Waals surface area contributed by atoms with Crippen molar-refractivity contribution in [3.63, 3.8) is 0 Å². The lowest BCUT2D eigenvalue weighted by Gasteiger charge is -2.29. The Labute approximate surface area is 146 Å². The molecule has 24 heavy (non-hydrogen) atoms. The van der Waals surface area contributed by atoms with Gasteiger partial charge in [0.1, 0.15) is 11.9 Å². The molecule has 0 spiro atoms. The molecule has 6 heteroatoms. The molecule has 0 radical (unpaired) electrons. The number of ether oxygens (including phenoxy) is 1. The van der Waals surface area contributed by atoms with E-state index in [0.717, 1.165) is 42.8 Å². The van der Waals surface area contributed by atoms with Crippen molar-refractivity contribution < 1.29 is 9.66 Å². The summed E-state index contributed by atoms with van der Waals surface area (Å²) >= 11 is 6.39. The Balaban J connectivity index is 1.73. The maximum absolute atomic E-state index is 10.7. The topological polar surface area (TPSA) is 55.6 Å². The summed E-state index contributed by atoms with van der Waals surface area (Å²) < 4.78 is 6.03. The molecule has 1 aliphatic rings. The highest BCUT2D eigenvalue weighted by atomic mass is 35.5. The molecule has 3 rings (SSSR count). The standard InChI is InChI=1S/C18H19ClN2O3/c1-20-10-8-15(9-11-20)24-16-6-7-17(18(19)12-16)13-2-4-14(5-3-13)21(22)23/h2-7,12,15H,8-11H2,1H3. The molecule has 5 nitrogen and oxygen atoms in total. The van der Waals surface area contributed by atoms with Gasteiger partial charge in [-0.25, -0.2) is 0 Å². The van der Waals surface area contributed by atoms with Crippen LogP contribution in [0.2, 0.25) is 5.02 Å². The van der Waals surface area contributed by atoms with Crippen LogP contribution in [0.5, 0.6) is 5.75 Å². The molecule has 0 aliphatic carbocycles. The van der Waals surface area contributed by atoms with Crippen LogP contribution in [-0.4, -0.2) is 36.1 Å². The van der Waals surface area contributed by atoms with Crippen molar-refractivity contribution in [3.8, 4) is 16.9 Å². The van der Waals surface area contributed by atoms with Crippen molar-refractivity contribution in [2.45, 2.75) is 18.9 Å². The number of benzene rings is 2. The average Bonchev–Trinajstić information content (AvgIpc) is 2.57. The Morgan fingerprint density at radius 1 is 1.17 bits per heavy atom. The third-order valence-corrected chi connectivity index (χ3v) is 4.61. The summed E-state index contributed by atoms with van der Waals surface area (Å²) in [7, 11) is 2.12. The number of likely N-dealkylation sites (tertiary alicyclic amines) is 1. The van der Waals surface area contributed by atoms with Gasteiger partial charge in [-0.3, -0.25) is 10.1 Å². The van der Waals surface area contributed by atoms with E-state index in [1.165, 1.54) is 12.1 Å². The fourth-order valence-corrected chi connectivity index (χ4v) is 3.14. The minimum absolute atomic E-state index is 0.0668. The fraction of sp³-hybridized carbons (Fsp3) is 0.333. The summed E-state index contributed by atoms with van der Waals surface area (Å²) in [5, 5.41) is 11.3. The summed E-state index contributed by atoms with van der Waals surface area (Å²) in [6.07, 6.45) is 2.25. The van der Waals surface area contributed by atoms with Gasteiger partial charge in [0.25, 0.3) is 5.69 Å². The molecule has 0 aromatic heterocycles. The predicted octanol–water partition coefficient (Wildman–Crippen LogP) is 4.39. The van der Waals surface area contributed by atoms with Gasteiger partial charge < -0.3 is 9.64 Å². The Kier molecular flexibility index (Phi) is 5.02. The number of nitro groups is 1. The second-order valence-corrected chi connectivity index (χ2v) is 6.47. The van der Waals surface area contributed by atoms with Crippen molar-refractivity contribution in [2.24, 2.45) is 0 Å². The lowest BCUT2D eigenvalue weighted by Crippen LogP contribution is -2.35. The van der Waals surface area contributed by atoms with Crippen LogP contribution in [0.15, 0.2) is 42.5 Å². The van der Waals surface area contributed by atoms with Crippen molar-refractivity contribution in [1.82, 2.24) is 4.90 Å². The number of hydrogen-bond acceptors (Lipinski definition) is 4. The second kappa shape index (κ2) is 7.20.